The number of nitrogens with one attached hydrogen (secondary N) is 1. The minimum atomic E-state index is -3.82. The van der Waals surface area contributed by atoms with Crippen LogP contribution < -0.4 is 4.72 Å². The molecule has 0 amide bonds. The second kappa shape index (κ2) is 5.70. The number of sulfonamides is 1. The quantitative estimate of drug-likeness (QED) is 0.902. The number of carboxylic acid groups (broad SMARTS) is 1. The molecule has 0 saturated carbocycles. The Bertz CT molecular complexity index is 887. The highest BCUT2D eigenvalue weighted by Crippen LogP contribution is 2.27. The van der Waals surface area contributed by atoms with Gasteiger partial charge in [0.2, 0.25) is 0 Å². The van der Waals surface area contributed by atoms with Gasteiger partial charge in [0.25, 0.3) is 10.0 Å². The van der Waals surface area contributed by atoms with E-state index < -0.39 is 16.0 Å². The number of carbonyl (C=O) groups is 1. The van der Waals surface area contributed by atoms with Crippen molar-refractivity contribution < 1.29 is 18.3 Å². The summed E-state index contributed by atoms with van der Waals surface area (Å²) in [5, 5.41) is 9.31. The van der Waals surface area contributed by atoms with Crippen LogP contribution in [0.4, 0.5) is 5.69 Å². The van der Waals surface area contributed by atoms with E-state index in [1.807, 2.05) is 6.07 Å². The molecule has 0 heterocycles. The maximum atomic E-state index is 12.6. The zero-order valence-corrected chi connectivity index (χ0v) is 13.5. The maximum absolute atomic E-state index is 12.6. The van der Waals surface area contributed by atoms with Crippen molar-refractivity contribution in [3.8, 4) is 0 Å². The van der Waals surface area contributed by atoms with Crippen LogP contribution in [-0.2, 0) is 22.9 Å². The molecule has 0 saturated heterocycles. The highest BCUT2D eigenvalue weighted by Gasteiger charge is 2.21. The van der Waals surface area contributed by atoms with E-state index in [0.29, 0.717) is 5.56 Å². The van der Waals surface area contributed by atoms with E-state index in [4.69, 9.17) is 0 Å². The standard InChI is InChI=1S/C17H17NO4S/c1-11-4-2-7-15(16(11)17(19)20)18-23(21,22)14-9-8-12-5-3-6-13(12)10-14/h2,4,7-10,18H,3,5-6H2,1H3,(H,19,20). The second-order valence-electron chi connectivity index (χ2n) is 5.69. The van der Waals surface area contributed by atoms with Crippen molar-refractivity contribution in [2.75, 3.05) is 4.72 Å². The van der Waals surface area contributed by atoms with E-state index in [0.717, 1.165) is 24.8 Å². The third kappa shape index (κ3) is 2.94. The number of anilines is 1. The fourth-order valence-electron chi connectivity index (χ4n) is 2.96. The van der Waals surface area contributed by atoms with Gasteiger partial charge in [0.15, 0.2) is 0 Å². The summed E-state index contributed by atoms with van der Waals surface area (Å²) < 4.78 is 27.6. The molecule has 2 N–H and O–H groups in total. The highest BCUT2D eigenvalue weighted by atomic mass is 32.2. The van der Waals surface area contributed by atoms with Crippen LogP contribution in [-0.4, -0.2) is 19.5 Å². The number of hydrogen-bond donors (Lipinski definition) is 2. The summed E-state index contributed by atoms with van der Waals surface area (Å²) in [5.41, 5.74) is 2.79. The number of aryl methyl sites for hydroxylation is 3. The van der Waals surface area contributed by atoms with Gasteiger partial charge in [-0.05, 0) is 61.1 Å². The third-order valence-electron chi connectivity index (χ3n) is 4.11. The summed E-state index contributed by atoms with van der Waals surface area (Å²) in [5.74, 6) is -1.16. The summed E-state index contributed by atoms with van der Waals surface area (Å²) in [6.07, 6.45) is 2.89. The Morgan fingerprint density at radius 1 is 1.13 bits per heavy atom. The van der Waals surface area contributed by atoms with Crippen LogP contribution >= 0.6 is 0 Å². The lowest BCUT2D eigenvalue weighted by Crippen LogP contribution is -2.16. The number of aromatic carboxylic acids is 1. The van der Waals surface area contributed by atoms with Crippen LogP contribution in [0.5, 0.6) is 0 Å². The van der Waals surface area contributed by atoms with Crippen molar-refractivity contribution in [2.45, 2.75) is 31.1 Å². The molecular weight excluding hydrogens is 314 g/mol. The molecule has 5 nitrogen and oxygen atoms in total. The number of carboxylic acids is 1. The molecule has 120 valence electrons. The van der Waals surface area contributed by atoms with E-state index in [1.165, 1.54) is 11.6 Å². The largest absolute Gasteiger partial charge is 0.478 e. The lowest BCUT2D eigenvalue weighted by Gasteiger charge is -2.13. The van der Waals surface area contributed by atoms with Gasteiger partial charge in [0.05, 0.1) is 16.1 Å². The summed E-state index contributed by atoms with van der Waals surface area (Å²) in [4.78, 5) is 11.5. The zero-order valence-electron chi connectivity index (χ0n) is 12.7. The van der Waals surface area contributed by atoms with Crippen LogP contribution in [0, 0.1) is 6.92 Å². The Labute approximate surface area is 135 Å². The molecule has 0 aromatic heterocycles. The number of fused-ring (bicyclic) bond motifs is 1. The van der Waals surface area contributed by atoms with Gasteiger partial charge in [-0.2, -0.15) is 0 Å². The molecule has 1 aliphatic carbocycles. The molecule has 23 heavy (non-hydrogen) atoms. The molecule has 1 aliphatic rings. The second-order valence-corrected chi connectivity index (χ2v) is 7.37. The summed E-state index contributed by atoms with van der Waals surface area (Å²) in [6.45, 7) is 1.64. The fraction of sp³-hybridized carbons (Fsp3) is 0.235. The SMILES string of the molecule is Cc1cccc(NS(=O)(=O)c2ccc3c(c2)CCC3)c1C(=O)O. The van der Waals surface area contributed by atoms with E-state index in [2.05, 4.69) is 4.72 Å². The van der Waals surface area contributed by atoms with Gasteiger partial charge in [-0.3, -0.25) is 4.72 Å². The molecule has 0 bridgehead atoms. The maximum Gasteiger partial charge on any atom is 0.338 e. The Morgan fingerprint density at radius 2 is 1.87 bits per heavy atom. The zero-order chi connectivity index (χ0) is 16.6. The molecule has 0 atom stereocenters. The first-order chi connectivity index (χ1) is 10.9. The monoisotopic (exact) mass is 331 g/mol. The number of hydrogen-bond acceptors (Lipinski definition) is 3. The first-order valence-electron chi connectivity index (χ1n) is 7.36. The Hall–Kier alpha value is -2.34. The summed E-state index contributed by atoms with van der Waals surface area (Å²) in [6, 6.07) is 9.81. The first kappa shape index (κ1) is 15.6. The molecule has 3 rings (SSSR count). The van der Waals surface area contributed by atoms with E-state index in [9.17, 15) is 18.3 Å². The molecule has 0 radical (unpaired) electrons. The van der Waals surface area contributed by atoms with Crippen molar-refractivity contribution >= 4 is 21.7 Å². The van der Waals surface area contributed by atoms with Gasteiger partial charge in [0.1, 0.15) is 0 Å². The van der Waals surface area contributed by atoms with Crippen molar-refractivity contribution in [1.82, 2.24) is 0 Å². The first-order valence-corrected chi connectivity index (χ1v) is 8.84. The van der Waals surface area contributed by atoms with Crippen LogP contribution in [0.3, 0.4) is 0 Å². The molecule has 0 unspecified atom stereocenters. The van der Waals surface area contributed by atoms with Crippen LogP contribution in [0.15, 0.2) is 41.3 Å². The van der Waals surface area contributed by atoms with Gasteiger partial charge < -0.3 is 5.11 Å². The van der Waals surface area contributed by atoms with Crippen LogP contribution in [0.25, 0.3) is 0 Å². The van der Waals surface area contributed by atoms with Gasteiger partial charge in [0, 0.05) is 0 Å². The van der Waals surface area contributed by atoms with Crippen molar-refractivity contribution in [3.05, 3.63) is 58.7 Å². The lowest BCUT2D eigenvalue weighted by atomic mass is 10.1. The molecule has 0 aliphatic heterocycles. The third-order valence-corrected chi connectivity index (χ3v) is 5.47. The average molecular weight is 331 g/mol. The normalized spacial score (nSPS) is 13.6. The molecule has 0 spiro atoms. The summed E-state index contributed by atoms with van der Waals surface area (Å²) in [7, 11) is -3.82. The van der Waals surface area contributed by atoms with Gasteiger partial charge >= 0.3 is 5.97 Å². The molecule has 6 heteroatoms. The minimum Gasteiger partial charge on any atom is -0.478 e. The Kier molecular flexibility index (Phi) is 3.85. The lowest BCUT2D eigenvalue weighted by molar-refractivity contribution is 0.0697. The summed E-state index contributed by atoms with van der Waals surface area (Å²) >= 11 is 0. The Balaban J connectivity index is 1.99. The van der Waals surface area contributed by atoms with Gasteiger partial charge in [-0.25, -0.2) is 13.2 Å². The van der Waals surface area contributed by atoms with Crippen LogP contribution in [0.2, 0.25) is 0 Å². The molecular formula is C17H17NO4S. The predicted octanol–water partition coefficient (Wildman–Crippen LogP) is 2.98. The average Bonchev–Trinajstić information content (AvgIpc) is 2.93. The van der Waals surface area contributed by atoms with Gasteiger partial charge in [-0.1, -0.05) is 18.2 Å². The highest BCUT2D eigenvalue weighted by molar-refractivity contribution is 7.92. The number of rotatable bonds is 4. The molecule has 2 aromatic carbocycles. The smallest absolute Gasteiger partial charge is 0.338 e. The molecule has 0 fully saturated rings. The van der Waals surface area contributed by atoms with Crippen molar-refractivity contribution in [1.29, 1.82) is 0 Å². The van der Waals surface area contributed by atoms with Gasteiger partial charge in [-0.15, -0.1) is 0 Å². The number of benzene rings is 2. The fourth-order valence-corrected chi connectivity index (χ4v) is 4.08. The topological polar surface area (TPSA) is 83.5 Å². The minimum absolute atomic E-state index is 0.0303. The van der Waals surface area contributed by atoms with E-state index in [1.54, 1.807) is 31.2 Å². The van der Waals surface area contributed by atoms with Crippen molar-refractivity contribution in [2.24, 2.45) is 0 Å². The molecule has 2 aromatic rings. The van der Waals surface area contributed by atoms with Crippen LogP contribution in [0.1, 0.15) is 33.5 Å². The van der Waals surface area contributed by atoms with Crippen molar-refractivity contribution in [3.63, 3.8) is 0 Å². The predicted molar refractivity (Wildman–Crippen MR) is 87.4 cm³/mol. The van der Waals surface area contributed by atoms with E-state index >= 15 is 0 Å². The Morgan fingerprint density at radius 3 is 2.61 bits per heavy atom. The van der Waals surface area contributed by atoms with E-state index in [-0.39, 0.29) is 16.1 Å².